The molecule has 76 valence electrons. The summed E-state index contributed by atoms with van der Waals surface area (Å²) in [6.45, 7) is 1.65. The van der Waals surface area contributed by atoms with Crippen molar-refractivity contribution in [2.24, 2.45) is 5.73 Å². The quantitative estimate of drug-likeness (QED) is 0.603. The van der Waals surface area contributed by atoms with Gasteiger partial charge in [0.05, 0.1) is 31.1 Å². The largest absolute Gasteiger partial charge is 0.375 e. The average Bonchev–Trinajstić information content (AvgIpc) is 2.58. The molecule has 2 amide bonds. The van der Waals surface area contributed by atoms with E-state index < -0.39 is 6.03 Å². The molecule has 0 radical (unpaired) electrons. The van der Waals surface area contributed by atoms with Crippen molar-refractivity contribution in [3.05, 3.63) is 17.0 Å². The van der Waals surface area contributed by atoms with Gasteiger partial charge in [0.1, 0.15) is 0 Å². The molecule has 0 fully saturated rings. The molecule has 0 unspecified atom stereocenters. The first kappa shape index (κ1) is 9.01. The highest BCUT2D eigenvalue weighted by molar-refractivity contribution is 5.71. The van der Waals surface area contributed by atoms with Crippen LogP contribution in [0.1, 0.15) is 17.0 Å². The Hall–Kier alpha value is -1.56. The van der Waals surface area contributed by atoms with Crippen LogP contribution in [0.15, 0.2) is 0 Å². The van der Waals surface area contributed by atoms with Crippen LogP contribution in [0.5, 0.6) is 0 Å². The number of aromatic nitrogens is 2. The average molecular weight is 196 g/mol. The lowest BCUT2D eigenvalue weighted by Gasteiger charge is -2.12. The van der Waals surface area contributed by atoms with E-state index in [0.717, 1.165) is 23.4 Å². The number of hydrogen-bond donors (Lipinski definition) is 3. The van der Waals surface area contributed by atoms with E-state index in [9.17, 15) is 4.79 Å². The number of nitrogens with one attached hydrogen (secondary N) is 2. The summed E-state index contributed by atoms with van der Waals surface area (Å²) < 4.78 is 5.25. The number of primary amides is 1. The summed E-state index contributed by atoms with van der Waals surface area (Å²) in [6, 6.07) is -0.534. The molecule has 4 N–H and O–H groups in total. The van der Waals surface area contributed by atoms with Gasteiger partial charge in [0.25, 0.3) is 0 Å². The van der Waals surface area contributed by atoms with E-state index in [1.165, 1.54) is 0 Å². The van der Waals surface area contributed by atoms with Crippen LogP contribution in [-0.4, -0.2) is 22.8 Å². The summed E-state index contributed by atoms with van der Waals surface area (Å²) in [7, 11) is 0. The van der Waals surface area contributed by atoms with Crippen molar-refractivity contribution >= 4 is 6.03 Å². The molecule has 2 rings (SSSR count). The van der Waals surface area contributed by atoms with Gasteiger partial charge >= 0.3 is 6.03 Å². The maximum absolute atomic E-state index is 10.5. The first-order chi connectivity index (χ1) is 6.77. The van der Waals surface area contributed by atoms with Gasteiger partial charge in [-0.1, -0.05) is 0 Å². The van der Waals surface area contributed by atoms with E-state index >= 15 is 0 Å². The maximum atomic E-state index is 10.5. The molecule has 1 aliphatic heterocycles. The van der Waals surface area contributed by atoms with Crippen molar-refractivity contribution in [3.63, 3.8) is 0 Å². The SMILES string of the molecule is NC(=O)NCc1n[nH]c2c1CCOC2. The van der Waals surface area contributed by atoms with Crippen LogP contribution in [0.3, 0.4) is 0 Å². The Kier molecular flexibility index (Phi) is 2.36. The van der Waals surface area contributed by atoms with E-state index in [0.29, 0.717) is 19.8 Å². The van der Waals surface area contributed by atoms with Gasteiger partial charge < -0.3 is 15.8 Å². The van der Waals surface area contributed by atoms with Crippen molar-refractivity contribution in [1.82, 2.24) is 15.5 Å². The van der Waals surface area contributed by atoms with Crippen LogP contribution in [0.2, 0.25) is 0 Å². The minimum Gasteiger partial charge on any atom is -0.375 e. The fraction of sp³-hybridized carbons (Fsp3) is 0.500. The van der Waals surface area contributed by atoms with Gasteiger partial charge in [0.15, 0.2) is 0 Å². The van der Waals surface area contributed by atoms with Crippen molar-refractivity contribution < 1.29 is 9.53 Å². The molecule has 1 aliphatic rings. The van der Waals surface area contributed by atoms with Crippen molar-refractivity contribution in [2.45, 2.75) is 19.6 Å². The second-order valence-electron chi connectivity index (χ2n) is 3.15. The summed E-state index contributed by atoms with van der Waals surface area (Å²) >= 11 is 0. The van der Waals surface area contributed by atoms with Crippen LogP contribution >= 0.6 is 0 Å². The number of amides is 2. The predicted molar refractivity (Wildman–Crippen MR) is 48.4 cm³/mol. The summed E-state index contributed by atoms with van der Waals surface area (Å²) in [5.74, 6) is 0. The third-order valence-corrected chi connectivity index (χ3v) is 2.21. The molecular formula is C8H12N4O2. The molecule has 0 atom stereocenters. The van der Waals surface area contributed by atoms with E-state index in [-0.39, 0.29) is 0 Å². The Labute approximate surface area is 80.8 Å². The van der Waals surface area contributed by atoms with E-state index in [2.05, 4.69) is 15.5 Å². The molecule has 0 saturated heterocycles. The smallest absolute Gasteiger partial charge is 0.312 e. The first-order valence-corrected chi connectivity index (χ1v) is 4.43. The third-order valence-electron chi connectivity index (χ3n) is 2.21. The number of carbonyl (C=O) groups is 1. The third kappa shape index (κ3) is 1.69. The minimum absolute atomic E-state index is 0.376. The Balaban J connectivity index is 2.10. The molecule has 0 aliphatic carbocycles. The number of rotatable bonds is 2. The van der Waals surface area contributed by atoms with Gasteiger partial charge in [-0.2, -0.15) is 5.10 Å². The summed E-state index contributed by atoms with van der Waals surface area (Å²) in [5, 5.41) is 9.49. The molecule has 2 heterocycles. The predicted octanol–water partition coefficient (Wildman–Crippen LogP) is -0.349. The topological polar surface area (TPSA) is 93.0 Å². The molecule has 0 saturated carbocycles. The summed E-state index contributed by atoms with van der Waals surface area (Å²) in [6.07, 6.45) is 0.835. The van der Waals surface area contributed by atoms with Crippen molar-refractivity contribution in [1.29, 1.82) is 0 Å². The van der Waals surface area contributed by atoms with Gasteiger partial charge in [-0.05, 0) is 6.42 Å². The van der Waals surface area contributed by atoms with E-state index in [4.69, 9.17) is 10.5 Å². The summed E-state index contributed by atoms with van der Waals surface area (Å²) in [5.41, 5.74) is 7.96. The number of hydrogen-bond acceptors (Lipinski definition) is 3. The monoisotopic (exact) mass is 196 g/mol. The molecule has 6 heteroatoms. The maximum Gasteiger partial charge on any atom is 0.312 e. The number of carbonyl (C=O) groups excluding carboxylic acids is 1. The molecule has 0 spiro atoms. The normalized spacial score (nSPS) is 14.9. The Morgan fingerprint density at radius 1 is 1.71 bits per heavy atom. The lowest BCUT2D eigenvalue weighted by molar-refractivity contribution is 0.108. The van der Waals surface area contributed by atoms with Gasteiger partial charge in [-0.3, -0.25) is 5.10 Å². The number of ether oxygens (including phenoxy) is 1. The van der Waals surface area contributed by atoms with Gasteiger partial charge in [-0.15, -0.1) is 0 Å². The molecule has 1 aromatic heterocycles. The Morgan fingerprint density at radius 2 is 2.57 bits per heavy atom. The lowest BCUT2D eigenvalue weighted by Crippen LogP contribution is -2.29. The van der Waals surface area contributed by atoms with E-state index in [1.54, 1.807) is 0 Å². The molecule has 0 bridgehead atoms. The van der Waals surface area contributed by atoms with E-state index in [1.807, 2.05) is 0 Å². The van der Waals surface area contributed by atoms with Crippen LogP contribution in [0.25, 0.3) is 0 Å². The molecule has 1 aromatic rings. The fourth-order valence-electron chi connectivity index (χ4n) is 1.52. The molecule has 14 heavy (non-hydrogen) atoms. The van der Waals surface area contributed by atoms with Crippen LogP contribution in [0, 0.1) is 0 Å². The first-order valence-electron chi connectivity index (χ1n) is 4.43. The van der Waals surface area contributed by atoms with Crippen molar-refractivity contribution in [2.75, 3.05) is 6.61 Å². The summed E-state index contributed by atoms with van der Waals surface area (Å²) in [4.78, 5) is 10.5. The highest BCUT2D eigenvalue weighted by Crippen LogP contribution is 2.17. The molecule has 0 aromatic carbocycles. The van der Waals surface area contributed by atoms with Gasteiger partial charge in [-0.25, -0.2) is 4.79 Å². The highest BCUT2D eigenvalue weighted by atomic mass is 16.5. The number of nitrogens with zero attached hydrogens (tertiary/aromatic N) is 1. The molecule has 6 nitrogen and oxygen atoms in total. The standard InChI is InChI=1S/C8H12N4O2/c9-8(13)10-3-6-5-1-2-14-4-7(5)12-11-6/h1-4H2,(H,11,12)(H3,9,10,13). The second-order valence-corrected chi connectivity index (χ2v) is 3.15. The zero-order valence-corrected chi connectivity index (χ0v) is 7.67. The number of nitrogens with two attached hydrogens (primary N) is 1. The Bertz CT molecular complexity index is 347. The zero-order chi connectivity index (χ0) is 9.97. The lowest BCUT2D eigenvalue weighted by atomic mass is 10.1. The van der Waals surface area contributed by atoms with Crippen LogP contribution < -0.4 is 11.1 Å². The minimum atomic E-state index is -0.534. The second kappa shape index (κ2) is 3.67. The van der Waals surface area contributed by atoms with Gasteiger partial charge in [0, 0.05) is 5.56 Å². The Morgan fingerprint density at radius 3 is 3.36 bits per heavy atom. The van der Waals surface area contributed by atoms with Crippen LogP contribution in [0.4, 0.5) is 4.79 Å². The number of fused-ring (bicyclic) bond motifs is 1. The van der Waals surface area contributed by atoms with Crippen molar-refractivity contribution in [3.8, 4) is 0 Å². The molecular weight excluding hydrogens is 184 g/mol. The van der Waals surface area contributed by atoms with Crippen LogP contribution in [-0.2, 0) is 24.3 Å². The number of H-pyrrole nitrogens is 1. The zero-order valence-electron chi connectivity index (χ0n) is 7.67. The van der Waals surface area contributed by atoms with Gasteiger partial charge in [0.2, 0.25) is 0 Å². The fourth-order valence-corrected chi connectivity index (χ4v) is 1.52. The number of urea groups is 1. The highest BCUT2D eigenvalue weighted by Gasteiger charge is 2.16. The number of aromatic amines is 1.